The summed E-state index contributed by atoms with van der Waals surface area (Å²) in [7, 11) is 0. The van der Waals surface area contributed by atoms with Gasteiger partial charge in [-0.3, -0.25) is 10.3 Å². The lowest BCUT2D eigenvalue weighted by molar-refractivity contribution is 0.160. The molecule has 1 saturated carbocycles. The fourth-order valence-electron chi connectivity index (χ4n) is 3.06. The summed E-state index contributed by atoms with van der Waals surface area (Å²) in [6.07, 6.45) is 6.73. The summed E-state index contributed by atoms with van der Waals surface area (Å²) >= 11 is 0. The number of benzene rings is 2. The fourth-order valence-corrected chi connectivity index (χ4v) is 3.06. The van der Waals surface area contributed by atoms with Crippen molar-refractivity contribution in [2.24, 2.45) is 4.99 Å². The number of aliphatic imine (C=N–C) groups is 1. The SMILES string of the molecule is CCCCOC(=O)Nc1ccccc1N=C1CCCC1=Cc1ccccc1. The first-order chi connectivity index (χ1) is 13.3. The minimum atomic E-state index is -0.428. The predicted molar refractivity (Wildman–Crippen MR) is 112 cm³/mol. The number of nitrogens with zero attached hydrogens (tertiary/aromatic N) is 1. The summed E-state index contributed by atoms with van der Waals surface area (Å²) in [5.74, 6) is 0. The molecule has 0 radical (unpaired) electrons. The predicted octanol–water partition coefficient (Wildman–Crippen LogP) is 6.38. The molecule has 1 N–H and O–H groups in total. The highest BCUT2D eigenvalue weighted by atomic mass is 16.5. The first-order valence-electron chi connectivity index (χ1n) is 9.62. The van der Waals surface area contributed by atoms with Gasteiger partial charge in [-0.1, -0.05) is 55.8 Å². The molecule has 0 bridgehead atoms. The Hall–Kier alpha value is -2.88. The summed E-state index contributed by atoms with van der Waals surface area (Å²) in [6.45, 7) is 2.50. The number of allylic oxidation sites excluding steroid dienone is 1. The lowest BCUT2D eigenvalue weighted by atomic mass is 10.1. The van der Waals surface area contributed by atoms with E-state index in [9.17, 15) is 4.79 Å². The zero-order chi connectivity index (χ0) is 18.9. The zero-order valence-electron chi connectivity index (χ0n) is 15.8. The number of hydrogen-bond donors (Lipinski definition) is 1. The second-order valence-corrected chi connectivity index (χ2v) is 6.62. The molecule has 1 aliphatic rings. The molecule has 1 aliphatic carbocycles. The van der Waals surface area contributed by atoms with Crippen molar-refractivity contribution in [1.82, 2.24) is 0 Å². The molecule has 4 nitrogen and oxygen atoms in total. The van der Waals surface area contributed by atoms with Crippen LogP contribution in [0, 0.1) is 0 Å². The molecule has 2 aromatic carbocycles. The third kappa shape index (κ3) is 5.55. The van der Waals surface area contributed by atoms with Crippen LogP contribution in [0.25, 0.3) is 6.08 Å². The molecule has 0 aromatic heterocycles. The number of anilines is 1. The first kappa shape index (κ1) is 18.9. The molecule has 1 fully saturated rings. The molecular formula is C23H26N2O2. The Morgan fingerprint density at radius 1 is 1.11 bits per heavy atom. The Labute approximate surface area is 161 Å². The molecule has 0 heterocycles. The highest BCUT2D eigenvalue weighted by molar-refractivity contribution is 6.07. The highest BCUT2D eigenvalue weighted by Gasteiger charge is 2.16. The van der Waals surface area contributed by atoms with Gasteiger partial charge in [-0.15, -0.1) is 0 Å². The van der Waals surface area contributed by atoms with Crippen LogP contribution in [0.15, 0.2) is 65.2 Å². The molecule has 1 amide bonds. The van der Waals surface area contributed by atoms with Crippen molar-refractivity contribution in [1.29, 1.82) is 0 Å². The van der Waals surface area contributed by atoms with Crippen LogP contribution in [0.1, 0.15) is 44.6 Å². The molecule has 27 heavy (non-hydrogen) atoms. The van der Waals surface area contributed by atoms with Crippen molar-refractivity contribution in [3.63, 3.8) is 0 Å². The summed E-state index contributed by atoms with van der Waals surface area (Å²) in [5, 5.41) is 2.82. The van der Waals surface area contributed by atoms with E-state index >= 15 is 0 Å². The van der Waals surface area contributed by atoms with Crippen molar-refractivity contribution in [2.45, 2.75) is 39.0 Å². The number of ether oxygens (including phenoxy) is 1. The van der Waals surface area contributed by atoms with Gasteiger partial charge in [-0.05, 0) is 55.0 Å². The maximum Gasteiger partial charge on any atom is 0.411 e. The minimum absolute atomic E-state index is 0.428. The Bertz CT molecular complexity index is 825. The van der Waals surface area contributed by atoms with Gasteiger partial charge in [0.2, 0.25) is 0 Å². The minimum Gasteiger partial charge on any atom is -0.449 e. The van der Waals surface area contributed by atoms with E-state index < -0.39 is 6.09 Å². The van der Waals surface area contributed by atoms with E-state index in [1.165, 1.54) is 11.1 Å². The van der Waals surface area contributed by atoms with E-state index in [1.54, 1.807) is 0 Å². The van der Waals surface area contributed by atoms with Crippen LogP contribution >= 0.6 is 0 Å². The first-order valence-corrected chi connectivity index (χ1v) is 9.62. The van der Waals surface area contributed by atoms with Crippen LogP contribution in [-0.4, -0.2) is 18.4 Å². The number of carbonyl (C=O) groups excluding carboxylic acids is 1. The quantitative estimate of drug-likeness (QED) is 0.607. The standard InChI is InChI=1S/C23H26N2O2/c1-2-3-16-27-23(26)25-22-14-8-7-13-21(22)24-20-15-9-12-19(20)17-18-10-5-4-6-11-18/h4-8,10-11,13-14,17H,2-3,9,12,15-16H2,1H3,(H,25,26). The van der Waals surface area contributed by atoms with Crippen molar-refractivity contribution in [3.05, 3.63) is 65.7 Å². The van der Waals surface area contributed by atoms with E-state index in [-0.39, 0.29) is 0 Å². The Morgan fingerprint density at radius 2 is 1.89 bits per heavy atom. The van der Waals surface area contributed by atoms with Crippen molar-refractivity contribution >= 4 is 29.3 Å². The fraction of sp³-hybridized carbons (Fsp3) is 0.304. The van der Waals surface area contributed by atoms with Gasteiger partial charge in [-0.2, -0.15) is 0 Å². The van der Waals surface area contributed by atoms with E-state index in [2.05, 4.69) is 30.4 Å². The van der Waals surface area contributed by atoms with Crippen molar-refractivity contribution in [3.8, 4) is 0 Å². The lowest BCUT2D eigenvalue weighted by Crippen LogP contribution is -2.14. The smallest absolute Gasteiger partial charge is 0.411 e. The molecular weight excluding hydrogens is 336 g/mol. The number of rotatable bonds is 6. The average molecular weight is 362 g/mol. The van der Waals surface area contributed by atoms with Crippen molar-refractivity contribution < 1.29 is 9.53 Å². The number of nitrogens with one attached hydrogen (secondary N) is 1. The number of carbonyl (C=O) groups is 1. The average Bonchev–Trinajstić information content (AvgIpc) is 3.11. The van der Waals surface area contributed by atoms with E-state index in [0.29, 0.717) is 12.3 Å². The molecule has 0 atom stereocenters. The zero-order valence-corrected chi connectivity index (χ0v) is 15.8. The molecule has 4 heteroatoms. The van der Waals surface area contributed by atoms with E-state index in [1.807, 2.05) is 42.5 Å². The van der Waals surface area contributed by atoms with Crippen LogP contribution in [-0.2, 0) is 4.74 Å². The molecule has 0 aliphatic heterocycles. The molecule has 140 valence electrons. The van der Waals surface area contributed by atoms with Gasteiger partial charge in [0.15, 0.2) is 0 Å². The van der Waals surface area contributed by atoms with Crippen molar-refractivity contribution in [2.75, 3.05) is 11.9 Å². The van der Waals surface area contributed by atoms with Gasteiger partial charge in [0.05, 0.1) is 18.0 Å². The third-order valence-corrected chi connectivity index (χ3v) is 4.50. The van der Waals surface area contributed by atoms with Crippen LogP contribution in [0.3, 0.4) is 0 Å². The summed E-state index contributed by atoms with van der Waals surface area (Å²) in [5.41, 5.74) is 4.99. The largest absolute Gasteiger partial charge is 0.449 e. The normalized spacial score (nSPS) is 16.6. The van der Waals surface area contributed by atoms with Crippen LogP contribution in [0.2, 0.25) is 0 Å². The van der Waals surface area contributed by atoms with Gasteiger partial charge in [0.1, 0.15) is 0 Å². The van der Waals surface area contributed by atoms with E-state index in [4.69, 9.17) is 9.73 Å². The monoisotopic (exact) mass is 362 g/mol. The van der Waals surface area contributed by atoms with Gasteiger partial charge in [-0.25, -0.2) is 4.79 Å². The van der Waals surface area contributed by atoms with Gasteiger partial charge >= 0.3 is 6.09 Å². The summed E-state index contributed by atoms with van der Waals surface area (Å²) in [6, 6.07) is 17.9. The lowest BCUT2D eigenvalue weighted by Gasteiger charge is -2.10. The number of unbranched alkanes of at least 4 members (excludes halogenated alkanes) is 1. The highest BCUT2D eigenvalue weighted by Crippen LogP contribution is 2.30. The van der Waals surface area contributed by atoms with Crippen LogP contribution < -0.4 is 5.32 Å². The van der Waals surface area contributed by atoms with Crippen LogP contribution in [0.4, 0.5) is 16.2 Å². The Kier molecular flexibility index (Phi) is 6.80. The Morgan fingerprint density at radius 3 is 2.70 bits per heavy atom. The topological polar surface area (TPSA) is 50.7 Å². The molecule has 0 spiro atoms. The second-order valence-electron chi connectivity index (χ2n) is 6.62. The summed E-state index contributed by atoms with van der Waals surface area (Å²) < 4.78 is 5.20. The van der Waals surface area contributed by atoms with Gasteiger partial charge in [0.25, 0.3) is 0 Å². The third-order valence-electron chi connectivity index (χ3n) is 4.50. The van der Waals surface area contributed by atoms with Gasteiger partial charge in [0, 0.05) is 5.71 Å². The van der Waals surface area contributed by atoms with Gasteiger partial charge < -0.3 is 4.74 Å². The molecule has 0 saturated heterocycles. The number of para-hydroxylation sites is 2. The number of hydrogen-bond acceptors (Lipinski definition) is 3. The number of amides is 1. The van der Waals surface area contributed by atoms with Crippen LogP contribution in [0.5, 0.6) is 0 Å². The molecule has 0 unspecified atom stereocenters. The second kappa shape index (κ2) is 9.72. The summed E-state index contributed by atoms with van der Waals surface area (Å²) in [4.78, 5) is 16.9. The maximum absolute atomic E-state index is 12.0. The Balaban J connectivity index is 1.78. The maximum atomic E-state index is 12.0. The molecule has 3 rings (SSSR count). The molecule has 2 aromatic rings. The van der Waals surface area contributed by atoms with E-state index in [0.717, 1.165) is 43.5 Å².